The zero-order chi connectivity index (χ0) is 12.9. The standard InChI is InChI=1S/C12H14F3NO/c1-3-9(2)17-16-8-10-4-6-11(7-5-10)12(13,14)15/h4-9H,3H2,1-2H3. The van der Waals surface area contributed by atoms with E-state index < -0.39 is 11.7 Å². The van der Waals surface area contributed by atoms with Crippen LogP contribution in [0.3, 0.4) is 0 Å². The molecule has 1 aromatic carbocycles. The van der Waals surface area contributed by atoms with Crippen LogP contribution in [0.15, 0.2) is 29.4 Å². The third-order valence-corrected chi connectivity index (χ3v) is 2.26. The average Bonchev–Trinajstić information content (AvgIpc) is 2.28. The Kier molecular flexibility index (Phi) is 4.54. The molecule has 94 valence electrons. The van der Waals surface area contributed by atoms with Gasteiger partial charge in [-0.1, -0.05) is 24.2 Å². The Labute approximate surface area is 98.1 Å². The van der Waals surface area contributed by atoms with Gasteiger partial charge < -0.3 is 4.84 Å². The van der Waals surface area contributed by atoms with Crippen molar-refractivity contribution in [1.29, 1.82) is 0 Å². The first-order valence-electron chi connectivity index (χ1n) is 5.30. The Bertz CT molecular complexity index is 370. The summed E-state index contributed by atoms with van der Waals surface area (Å²) in [6, 6.07) is 4.74. The maximum atomic E-state index is 12.3. The molecule has 0 saturated heterocycles. The minimum atomic E-state index is -4.30. The van der Waals surface area contributed by atoms with Gasteiger partial charge in [0.2, 0.25) is 0 Å². The van der Waals surface area contributed by atoms with Gasteiger partial charge in [0.05, 0.1) is 11.8 Å². The lowest BCUT2D eigenvalue weighted by molar-refractivity contribution is -0.137. The monoisotopic (exact) mass is 245 g/mol. The highest BCUT2D eigenvalue weighted by molar-refractivity contribution is 5.79. The smallest absolute Gasteiger partial charge is 0.393 e. The number of hydrogen-bond donors (Lipinski definition) is 0. The van der Waals surface area contributed by atoms with Gasteiger partial charge in [-0.05, 0) is 31.0 Å². The molecule has 0 heterocycles. The molecule has 0 radical (unpaired) electrons. The van der Waals surface area contributed by atoms with Crippen molar-refractivity contribution in [3.05, 3.63) is 35.4 Å². The maximum Gasteiger partial charge on any atom is 0.416 e. The first-order chi connectivity index (χ1) is 7.93. The molecule has 1 rings (SSSR count). The average molecular weight is 245 g/mol. The molecular formula is C12H14F3NO. The third-order valence-electron chi connectivity index (χ3n) is 2.26. The maximum absolute atomic E-state index is 12.3. The van der Waals surface area contributed by atoms with Crippen molar-refractivity contribution in [2.45, 2.75) is 32.5 Å². The van der Waals surface area contributed by atoms with Crippen molar-refractivity contribution >= 4 is 6.21 Å². The molecule has 0 aliphatic rings. The van der Waals surface area contributed by atoms with Crippen LogP contribution in [-0.4, -0.2) is 12.3 Å². The van der Waals surface area contributed by atoms with E-state index in [4.69, 9.17) is 4.84 Å². The molecule has 5 heteroatoms. The van der Waals surface area contributed by atoms with E-state index in [9.17, 15) is 13.2 Å². The first-order valence-corrected chi connectivity index (χ1v) is 5.30. The highest BCUT2D eigenvalue weighted by atomic mass is 19.4. The molecule has 0 spiro atoms. The molecule has 0 aliphatic heterocycles. The molecule has 0 aromatic heterocycles. The Morgan fingerprint density at radius 1 is 1.29 bits per heavy atom. The minimum Gasteiger partial charge on any atom is -0.393 e. The molecule has 0 aliphatic carbocycles. The van der Waals surface area contributed by atoms with Crippen LogP contribution in [0.5, 0.6) is 0 Å². The van der Waals surface area contributed by atoms with Crippen molar-refractivity contribution < 1.29 is 18.0 Å². The van der Waals surface area contributed by atoms with E-state index in [1.165, 1.54) is 18.3 Å². The summed E-state index contributed by atoms with van der Waals surface area (Å²) in [5, 5.41) is 3.70. The number of nitrogens with zero attached hydrogens (tertiary/aromatic N) is 1. The van der Waals surface area contributed by atoms with Crippen molar-refractivity contribution in [1.82, 2.24) is 0 Å². The largest absolute Gasteiger partial charge is 0.416 e. The summed E-state index contributed by atoms with van der Waals surface area (Å²) in [5.41, 5.74) is -0.0983. The lowest BCUT2D eigenvalue weighted by atomic mass is 10.1. The summed E-state index contributed by atoms with van der Waals surface area (Å²) < 4.78 is 36.8. The normalized spacial score (nSPS) is 13.9. The van der Waals surface area contributed by atoms with Crippen molar-refractivity contribution in [2.24, 2.45) is 5.16 Å². The molecular weight excluding hydrogens is 231 g/mol. The summed E-state index contributed by atoms with van der Waals surface area (Å²) in [5.74, 6) is 0. The summed E-state index contributed by atoms with van der Waals surface area (Å²) in [4.78, 5) is 5.04. The number of alkyl halides is 3. The molecule has 1 atom stereocenters. The zero-order valence-electron chi connectivity index (χ0n) is 9.66. The van der Waals surface area contributed by atoms with Gasteiger partial charge in [0.1, 0.15) is 6.10 Å². The lowest BCUT2D eigenvalue weighted by Gasteiger charge is -2.06. The Morgan fingerprint density at radius 3 is 2.35 bits per heavy atom. The van der Waals surface area contributed by atoms with Gasteiger partial charge in [-0.2, -0.15) is 13.2 Å². The first kappa shape index (κ1) is 13.5. The molecule has 0 N–H and O–H groups in total. The fourth-order valence-corrected chi connectivity index (χ4v) is 1.03. The SMILES string of the molecule is CCC(C)ON=Cc1ccc(C(F)(F)F)cc1. The molecule has 0 fully saturated rings. The molecule has 2 nitrogen and oxygen atoms in total. The van der Waals surface area contributed by atoms with E-state index in [-0.39, 0.29) is 6.10 Å². The van der Waals surface area contributed by atoms with E-state index in [0.29, 0.717) is 5.56 Å². The highest BCUT2D eigenvalue weighted by Crippen LogP contribution is 2.28. The van der Waals surface area contributed by atoms with Gasteiger partial charge in [-0.3, -0.25) is 0 Å². The molecule has 1 unspecified atom stereocenters. The number of benzene rings is 1. The minimum absolute atomic E-state index is 0.000647. The van der Waals surface area contributed by atoms with E-state index in [0.717, 1.165) is 18.6 Å². The second-order valence-corrected chi connectivity index (χ2v) is 3.68. The number of oxime groups is 1. The van der Waals surface area contributed by atoms with Crippen molar-refractivity contribution in [3.8, 4) is 0 Å². The second kappa shape index (κ2) is 5.70. The molecule has 0 saturated carbocycles. The van der Waals surface area contributed by atoms with Crippen LogP contribution in [0.25, 0.3) is 0 Å². The molecule has 0 bridgehead atoms. The van der Waals surface area contributed by atoms with E-state index in [1.54, 1.807) is 0 Å². The fourth-order valence-electron chi connectivity index (χ4n) is 1.03. The van der Waals surface area contributed by atoms with Gasteiger partial charge in [0, 0.05) is 0 Å². The number of halogens is 3. The molecule has 1 aromatic rings. The van der Waals surface area contributed by atoms with Gasteiger partial charge in [-0.25, -0.2) is 0 Å². The van der Waals surface area contributed by atoms with Crippen LogP contribution in [0.2, 0.25) is 0 Å². The van der Waals surface area contributed by atoms with E-state index in [1.807, 2.05) is 13.8 Å². The van der Waals surface area contributed by atoms with Crippen LogP contribution in [-0.2, 0) is 11.0 Å². The Morgan fingerprint density at radius 2 is 1.88 bits per heavy atom. The van der Waals surface area contributed by atoms with Crippen LogP contribution in [0, 0.1) is 0 Å². The predicted octanol–water partition coefficient (Wildman–Crippen LogP) is 3.85. The second-order valence-electron chi connectivity index (χ2n) is 3.68. The summed E-state index contributed by atoms with van der Waals surface area (Å²) in [6.07, 6.45) is -2.08. The van der Waals surface area contributed by atoms with Gasteiger partial charge in [0.25, 0.3) is 0 Å². The zero-order valence-corrected chi connectivity index (χ0v) is 9.66. The van der Waals surface area contributed by atoms with Crippen LogP contribution in [0.1, 0.15) is 31.4 Å². The van der Waals surface area contributed by atoms with Crippen LogP contribution < -0.4 is 0 Å². The van der Waals surface area contributed by atoms with Gasteiger partial charge in [-0.15, -0.1) is 0 Å². The predicted molar refractivity (Wildman–Crippen MR) is 59.9 cm³/mol. The Balaban J connectivity index is 2.63. The molecule has 0 amide bonds. The fraction of sp³-hybridized carbons (Fsp3) is 0.417. The van der Waals surface area contributed by atoms with Crippen LogP contribution >= 0.6 is 0 Å². The summed E-state index contributed by atoms with van der Waals surface area (Å²) in [6.45, 7) is 3.82. The van der Waals surface area contributed by atoms with E-state index >= 15 is 0 Å². The van der Waals surface area contributed by atoms with Crippen molar-refractivity contribution in [3.63, 3.8) is 0 Å². The summed E-state index contributed by atoms with van der Waals surface area (Å²) >= 11 is 0. The lowest BCUT2D eigenvalue weighted by Crippen LogP contribution is -2.04. The highest BCUT2D eigenvalue weighted by Gasteiger charge is 2.29. The molecule has 17 heavy (non-hydrogen) atoms. The third kappa shape index (κ3) is 4.46. The quantitative estimate of drug-likeness (QED) is 0.583. The van der Waals surface area contributed by atoms with Gasteiger partial charge >= 0.3 is 6.18 Å². The van der Waals surface area contributed by atoms with Crippen molar-refractivity contribution in [2.75, 3.05) is 0 Å². The number of hydrogen-bond acceptors (Lipinski definition) is 2. The topological polar surface area (TPSA) is 21.6 Å². The van der Waals surface area contributed by atoms with Crippen LogP contribution in [0.4, 0.5) is 13.2 Å². The number of rotatable bonds is 4. The van der Waals surface area contributed by atoms with Gasteiger partial charge in [0.15, 0.2) is 0 Å². The Hall–Kier alpha value is -1.52. The summed E-state index contributed by atoms with van der Waals surface area (Å²) in [7, 11) is 0. The van der Waals surface area contributed by atoms with E-state index in [2.05, 4.69) is 5.16 Å².